The van der Waals surface area contributed by atoms with E-state index in [0.717, 1.165) is 37.6 Å². The second-order valence-corrected chi connectivity index (χ2v) is 5.83. The first-order valence-electron chi connectivity index (χ1n) is 8.07. The molecular weight excluding hydrogens is 312 g/mol. The number of hydrogen-bond acceptors (Lipinski definition) is 4. The molecule has 0 amide bonds. The van der Waals surface area contributed by atoms with Crippen LogP contribution in [0.15, 0.2) is 42.6 Å². The molecule has 0 saturated carbocycles. The maximum absolute atomic E-state index is 12.5. The summed E-state index contributed by atoms with van der Waals surface area (Å²) in [6.07, 6.45) is -1.03. The van der Waals surface area contributed by atoms with Gasteiger partial charge in [-0.1, -0.05) is 6.07 Å². The van der Waals surface area contributed by atoms with Crippen LogP contribution in [0.25, 0.3) is 0 Å². The van der Waals surface area contributed by atoms with E-state index in [4.69, 9.17) is 4.74 Å². The Labute approximate surface area is 140 Å². The molecule has 0 bridgehead atoms. The van der Waals surface area contributed by atoms with Crippen LogP contribution >= 0.6 is 0 Å². The Hall–Kier alpha value is -2.21. The van der Waals surface area contributed by atoms with Gasteiger partial charge in [0, 0.05) is 30.7 Å². The Balaban J connectivity index is 1.62. The Morgan fingerprint density at radius 3 is 2.38 bits per heavy atom. The molecule has 1 saturated heterocycles. The van der Waals surface area contributed by atoms with Crippen molar-refractivity contribution in [3.63, 3.8) is 0 Å². The van der Waals surface area contributed by atoms with Crippen molar-refractivity contribution in [1.29, 1.82) is 0 Å². The molecule has 1 N–H and O–H groups in total. The molecule has 0 radical (unpaired) electrons. The predicted octanol–water partition coefficient (Wildman–Crippen LogP) is 4.03. The number of benzene rings is 1. The fourth-order valence-corrected chi connectivity index (χ4v) is 2.73. The standard InChI is InChI=1S/C18H21F2N3O/c1-13(14-2-7-17(18(19)20)21-12-14)22-15-3-5-16(6-4-15)23-8-10-24-11-9-23/h2-7,12-13,18,22H,8-11H2,1H3. The van der Waals surface area contributed by atoms with Crippen LogP contribution in [0.5, 0.6) is 0 Å². The van der Waals surface area contributed by atoms with Crippen molar-refractivity contribution in [2.75, 3.05) is 36.5 Å². The first-order valence-corrected chi connectivity index (χ1v) is 8.07. The lowest BCUT2D eigenvalue weighted by molar-refractivity contribution is 0.122. The van der Waals surface area contributed by atoms with Crippen molar-refractivity contribution in [3.8, 4) is 0 Å². The summed E-state index contributed by atoms with van der Waals surface area (Å²) in [5.74, 6) is 0. The molecule has 128 valence electrons. The zero-order valence-corrected chi connectivity index (χ0v) is 13.6. The van der Waals surface area contributed by atoms with Gasteiger partial charge in [-0.15, -0.1) is 0 Å². The van der Waals surface area contributed by atoms with E-state index >= 15 is 0 Å². The Morgan fingerprint density at radius 2 is 1.79 bits per heavy atom. The molecule has 0 spiro atoms. The summed E-state index contributed by atoms with van der Waals surface area (Å²) in [6, 6.07) is 11.3. The number of nitrogens with one attached hydrogen (secondary N) is 1. The van der Waals surface area contributed by atoms with Gasteiger partial charge in [-0.2, -0.15) is 0 Å². The monoisotopic (exact) mass is 333 g/mol. The second kappa shape index (κ2) is 7.57. The number of rotatable bonds is 5. The van der Waals surface area contributed by atoms with E-state index in [1.807, 2.05) is 19.1 Å². The van der Waals surface area contributed by atoms with Crippen LogP contribution in [-0.4, -0.2) is 31.3 Å². The third-order valence-corrected chi connectivity index (χ3v) is 4.16. The van der Waals surface area contributed by atoms with E-state index in [2.05, 4.69) is 27.3 Å². The molecule has 24 heavy (non-hydrogen) atoms. The molecule has 1 aliphatic rings. The van der Waals surface area contributed by atoms with E-state index in [0.29, 0.717) is 0 Å². The molecule has 1 aromatic heterocycles. The Bertz CT molecular complexity index is 640. The highest BCUT2D eigenvalue weighted by atomic mass is 19.3. The summed E-state index contributed by atoms with van der Waals surface area (Å²) in [4.78, 5) is 6.10. The molecule has 1 atom stereocenters. The third kappa shape index (κ3) is 4.00. The highest BCUT2D eigenvalue weighted by molar-refractivity contribution is 5.56. The summed E-state index contributed by atoms with van der Waals surface area (Å²) in [5.41, 5.74) is 2.84. The van der Waals surface area contributed by atoms with E-state index in [9.17, 15) is 8.78 Å². The molecule has 1 unspecified atom stereocenters. The molecule has 2 aromatic rings. The average molecular weight is 333 g/mol. The van der Waals surface area contributed by atoms with Crippen LogP contribution in [0, 0.1) is 0 Å². The quantitative estimate of drug-likeness (QED) is 0.896. The van der Waals surface area contributed by atoms with Gasteiger partial charge in [0.15, 0.2) is 0 Å². The van der Waals surface area contributed by atoms with Gasteiger partial charge >= 0.3 is 0 Å². The first kappa shape index (κ1) is 16.6. The van der Waals surface area contributed by atoms with Crippen LogP contribution in [-0.2, 0) is 4.74 Å². The lowest BCUT2D eigenvalue weighted by Gasteiger charge is -2.29. The van der Waals surface area contributed by atoms with E-state index in [1.165, 1.54) is 18.0 Å². The molecule has 1 aromatic carbocycles. The van der Waals surface area contributed by atoms with Crippen molar-refractivity contribution in [2.45, 2.75) is 19.4 Å². The van der Waals surface area contributed by atoms with Crippen LogP contribution in [0.4, 0.5) is 20.2 Å². The van der Waals surface area contributed by atoms with Gasteiger partial charge in [0.25, 0.3) is 6.43 Å². The molecule has 4 nitrogen and oxygen atoms in total. The van der Waals surface area contributed by atoms with Crippen LogP contribution in [0.2, 0.25) is 0 Å². The smallest absolute Gasteiger partial charge is 0.280 e. The predicted molar refractivity (Wildman–Crippen MR) is 90.7 cm³/mol. The lowest BCUT2D eigenvalue weighted by Crippen LogP contribution is -2.36. The number of morpholine rings is 1. The SMILES string of the molecule is CC(Nc1ccc(N2CCOCC2)cc1)c1ccc(C(F)F)nc1. The van der Waals surface area contributed by atoms with Gasteiger partial charge in [0.05, 0.1) is 19.3 Å². The minimum atomic E-state index is -2.53. The molecule has 1 fully saturated rings. The van der Waals surface area contributed by atoms with Crippen LogP contribution < -0.4 is 10.2 Å². The first-order chi connectivity index (χ1) is 11.6. The highest BCUT2D eigenvalue weighted by Crippen LogP contribution is 2.24. The normalized spacial score (nSPS) is 16.2. The lowest BCUT2D eigenvalue weighted by atomic mass is 10.1. The van der Waals surface area contributed by atoms with Gasteiger partial charge < -0.3 is 15.0 Å². The number of alkyl halides is 2. The fraction of sp³-hybridized carbons (Fsp3) is 0.389. The summed E-state index contributed by atoms with van der Waals surface area (Å²) in [7, 11) is 0. The van der Waals surface area contributed by atoms with Gasteiger partial charge in [-0.3, -0.25) is 4.98 Å². The maximum atomic E-state index is 12.5. The van der Waals surface area contributed by atoms with Crippen LogP contribution in [0.3, 0.4) is 0 Å². The zero-order valence-electron chi connectivity index (χ0n) is 13.6. The minimum Gasteiger partial charge on any atom is -0.378 e. The number of halogens is 2. The van der Waals surface area contributed by atoms with Crippen molar-refractivity contribution < 1.29 is 13.5 Å². The van der Waals surface area contributed by atoms with Crippen molar-refractivity contribution in [1.82, 2.24) is 4.98 Å². The zero-order chi connectivity index (χ0) is 16.9. The minimum absolute atomic E-state index is 0.0153. The maximum Gasteiger partial charge on any atom is 0.280 e. The molecule has 2 heterocycles. The highest BCUT2D eigenvalue weighted by Gasteiger charge is 2.12. The molecule has 6 heteroatoms. The summed E-state index contributed by atoms with van der Waals surface area (Å²) in [5, 5.41) is 3.37. The summed E-state index contributed by atoms with van der Waals surface area (Å²) in [6.45, 7) is 5.32. The van der Waals surface area contributed by atoms with E-state index in [1.54, 1.807) is 6.07 Å². The van der Waals surface area contributed by atoms with E-state index in [-0.39, 0.29) is 11.7 Å². The summed E-state index contributed by atoms with van der Waals surface area (Å²) < 4.78 is 30.5. The number of hydrogen-bond donors (Lipinski definition) is 1. The number of nitrogens with zero attached hydrogens (tertiary/aromatic N) is 2. The van der Waals surface area contributed by atoms with Gasteiger partial charge in [-0.05, 0) is 42.8 Å². The van der Waals surface area contributed by atoms with Crippen molar-refractivity contribution in [2.24, 2.45) is 0 Å². The van der Waals surface area contributed by atoms with Crippen molar-refractivity contribution >= 4 is 11.4 Å². The van der Waals surface area contributed by atoms with Gasteiger partial charge in [-0.25, -0.2) is 8.78 Å². The van der Waals surface area contributed by atoms with Gasteiger partial charge in [0.1, 0.15) is 5.69 Å². The molecule has 1 aliphatic heterocycles. The average Bonchev–Trinajstić information content (AvgIpc) is 2.63. The molecule has 3 rings (SSSR count). The van der Waals surface area contributed by atoms with Crippen LogP contribution in [0.1, 0.15) is 30.6 Å². The molecule has 0 aliphatic carbocycles. The second-order valence-electron chi connectivity index (χ2n) is 5.83. The number of ether oxygens (including phenoxy) is 1. The topological polar surface area (TPSA) is 37.4 Å². The van der Waals surface area contributed by atoms with Gasteiger partial charge in [0.2, 0.25) is 0 Å². The van der Waals surface area contributed by atoms with Crippen molar-refractivity contribution in [3.05, 3.63) is 53.9 Å². The third-order valence-electron chi connectivity index (χ3n) is 4.16. The number of anilines is 2. The fourth-order valence-electron chi connectivity index (χ4n) is 2.73. The largest absolute Gasteiger partial charge is 0.378 e. The van der Waals surface area contributed by atoms with E-state index < -0.39 is 6.43 Å². The summed E-state index contributed by atoms with van der Waals surface area (Å²) >= 11 is 0. The molecular formula is C18H21F2N3O. The Kier molecular flexibility index (Phi) is 5.25. The number of aromatic nitrogens is 1. The Morgan fingerprint density at radius 1 is 1.08 bits per heavy atom. The number of pyridine rings is 1.